The summed E-state index contributed by atoms with van der Waals surface area (Å²) >= 11 is 0. The molecule has 1 aromatic heterocycles. The Morgan fingerprint density at radius 3 is 2.64 bits per heavy atom. The molecule has 8 heteroatoms. The maximum absolute atomic E-state index is 13.2. The SMILES string of the molecule is COC(=O)[C@H](C[C@@H]1CCCC1=O)NC(=O)[C@H](CC1CC1)NCc1cc2c(OC)cccc2[nH]1. The Morgan fingerprint density at radius 2 is 1.97 bits per heavy atom. The van der Waals surface area contributed by atoms with Crippen molar-refractivity contribution in [3.05, 3.63) is 30.0 Å². The minimum atomic E-state index is -0.810. The molecule has 1 amide bonds. The second-order valence-electron chi connectivity index (χ2n) is 9.20. The normalized spacial score (nSPS) is 19.9. The molecule has 178 valence electrons. The number of methoxy groups -OCH3 is 2. The fourth-order valence-electron chi connectivity index (χ4n) is 4.71. The number of hydrogen-bond acceptors (Lipinski definition) is 6. The van der Waals surface area contributed by atoms with Crippen LogP contribution in [-0.4, -0.2) is 48.9 Å². The van der Waals surface area contributed by atoms with Gasteiger partial charge in [0.15, 0.2) is 0 Å². The van der Waals surface area contributed by atoms with Crippen LogP contribution in [0.3, 0.4) is 0 Å². The van der Waals surface area contributed by atoms with Crippen molar-refractivity contribution in [1.29, 1.82) is 0 Å². The van der Waals surface area contributed by atoms with Crippen LogP contribution in [0.4, 0.5) is 0 Å². The quantitative estimate of drug-likeness (QED) is 0.450. The summed E-state index contributed by atoms with van der Waals surface area (Å²) in [7, 11) is 2.95. The van der Waals surface area contributed by atoms with Crippen LogP contribution in [0.15, 0.2) is 24.3 Å². The Morgan fingerprint density at radius 1 is 1.15 bits per heavy atom. The van der Waals surface area contributed by atoms with E-state index in [4.69, 9.17) is 9.47 Å². The van der Waals surface area contributed by atoms with Crippen molar-refractivity contribution in [1.82, 2.24) is 15.6 Å². The molecule has 0 radical (unpaired) electrons. The van der Waals surface area contributed by atoms with Crippen LogP contribution >= 0.6 is 0 Å². The number of aromatic nitrogens is 1. The Bertz CT molecular complexity index is 1010. The topological polar surface area (TPSA) is 110 Å². The number of benzene rings is 1. The molecule has 0 spiro atoms. The van der Waals surface area contributed by atoms with Gasteiger partial charge in [0, 0.05) is 35.5 Å². The monoisotopic (exact) mass is 455 g/mol. The van der Waals surface area contributed by atoms with E-state index in [-0.39, 0.29) is 17.6 Å². The van der Waals surface area contributed by atoms with Crippen molar-refractivity contribution in [2.24, 2.45) is 11.8 Å². The van der Waals surface area contributed by atoms with E-state index in [2.05, 4.69) is 15.6 Å². The van der Waals surface area contributed by atoms with Gasteiger partial charge in [-0.1, -0.05) is 18.9 Å². The lowest BCUT2D eigenvalue weighted by atomic mass is 9.97. The number of carbonyl (C=O) groups excluding carboxylic acids is 3. The molecule has 2 aliphatic rings. The molecule has 0 bridgehead atoms. The number of H-pyrrole nitrogens is 1. The van der Waals surface area contributed by atoms with Crippen LogP contribution in [0.25, 0.3) is 10.9 Å². The third-order valence-corrected chi connectivity index (χ3v) is 6.77. The van der Waals surface area contributed by atoms with Gasteiger partial charge >= 0.3 is 5.97 Å². The van der Waals surface area contributed by atoms with Gasteiger partial charge in [0.05, 0.1) is 20.3 Å². The Labute approximate surface area is 193 Å². The van der Waals surface area contributed by atoms with Gasteiger partial charge in [-0.15, -0.1) is 0 Å². The van der Waals surface area contributed by atoms with E-state index in [1.165, 1.54) is 7.11 Å². The molecule has 0 unspecified atom stereocenters. The molecule has 8 nitrogen and oxygen atoms in total. The zero-order valence-corrected chi connectivity index (χ0v) is 19.3. The summed E-state index contributed by atoms with van der Waals surface area (Å²) in [6.07, 6.45) is 5.40. The molecule has 3 N–H and O–H groups in total. The molecule has 2 aromatic rings. The zero-order chi connectivity index (χ0) is 23.4. The van der Waals surface area contributed by atoms with E-state index in [1.54, 1.807) is 7.11 Å². The van der Waals surface area contributed by atoms with E-state index in [9.17, 15) is 14.4 Å². The average Bonchev–Trinajstić information content (AvgIpc) is 3.40. The number of fused-ring (bicyclic) bond motifs is 1. The summed E-state index contributed by atoms with van der Waals surface area (Å²) in [5.41, 5.74) is 1.92. The fourth-order valence-corrected chi connectivity index (χ4v) is 4.71. The third-order valence-electron chi connectivity index (χ3n) is 6.77. The largest absolute Gasteiger partial charge is 0.496 e. The smallest absolute Gasteiger partial charge is 0.328 e. The number of hydrogen-bond donors (Lipinski definition) is 3. The molecule has 2 aliphatic carbocycles. The number of carbonyl (C=O) groups is 3. The summed E-state index contributed by atoms with van der Waals surface area (Å²) in [4.78, 5) is 41.0. The second kappa shape index (κ2) is 10.4. The number of nitrogens with one attached hydrogen (secondary N) is 3. The van der Waals surface area contributed by atoms with Crippen LogP contribution in [0.2, 0.25) is 0 Å². The first-order chi connectivity index (χ1) is 16.0. The van der Waals surface area contributed by atoms with Gasteiger partial charge in [0.2, 0.25) is 5.91 Å². The lowest BCUT2D eigenvalue weighted by molar-refractivity contribution is -0.146. The minimum Gasteiger partial charge on any atom is -0.496 e. The summed E-state index contributed by atoms with van der Waals surface area (Å²) in [5.74, 6) is 0.562. The number of esters is 1. The first-order valence-electron chi connectivity index (χ1n) is 11.8. The number of ketones is 1. The molecule has 2 fully saturated rings. The first-order valence-corrected chi connectivity index (χ1v) is 11.8. The summed E-state index contributed by atoms with van der Waals surface area (Å²) < 4.78 is 10.3. The predicted octanol–water partition coefficient (Wildman–Crippen LogP) is 2.85. The van der Waals surface area contributed by atoms with Crippen molar-refractivity contribution in [2.75, 3.05) is 14.2 Å². The Kier molecular flexibility index (Phi) is 7.33. The van der Waals surface area contributed by atoms with Crippen molar-refractivity contribution in [2.45, 2.75) is 63.6 Å². The van der Waals surface area contributed by atoms with Gasteiger partial charge in [0.1, 0.15) is 17.6 Å². The van der Waals surface area contributed by atoms with Crippen LogP contribution in [0.1, 0.15) is 50.6 Å². The Hall–Kier alpha value is -2.87. The Balaban J connectivity index is 1.42. The average molecular weight is 456 g/mol. The van der Waals surface area contributed by atoms with Gasteiger partial charge in [-0.3, -0.25) is 9.59 Å². The molecular weight excluding hydrogens is 422 g/mol. The van der Waals surface area contributed by atoms with Crippen LogP contribution in [0, 0.1) is 11.8 Å². The zero-order valence-electron chi connectivity index (χ0n) is 19.3. The van der Waals surface area contributed by atoms with E-state index < -0.39 is 18.1 Å². The molecule has 4 rings (SSSR count). The van der Waals surface area contributed by atoms with Crippen molar-refractivity contribution in [3.8, 4) is 5.75 Å². The predicted molar refractivity (Wildman–Crippen MR) is 124 cm³/mol. The van der Waals surface area contributed by atoms with Gasteiger partial charge in [0.25, 0.3) is 0 Å². The maximum atomic E-state index is 13.2. The molecular formula is C25H33N3O5. The highest BCUT2D eigenvalue weighted by atomic mass is 16.5. The number of aromatic amines is 1. The third kappa shape index (κ3) is 5.74. The fraction of sp³-hybridized carbons (Fsp3) is 0.560. The summed E-state index contributed by atoms with van der Waals surface area (Å²) in [6, 6.07) is 6.61. The van der Waals surface area contributed by atoms with Crippen molar-refractivity contribution in [3.63, 3.8) is 0 Å². The second-order valence-corrected chi connectivity index (χ2v) is 9.20. The molecule has 0 saturated heterocycles. The van der Waals surface area contributed by atoms with E-state index >= 15 is 0 Å². The van der Waals surface area contributed by atoms with Crippen LogP contribution in [0.5, 0.6) is 5.75 Å². The molecule has 0 aliphatic heterocycles. The van der Waals surface area contributed by atoms with Gasteiger partial charge in [-0.05, 0) is 49.8 Å². The number of rotatable bonds is 11. The lowest BCUT2D eigenvalue weighted by Gasteiger charge is -2.23. The van der Waals surface area contributed by atoms with E-state index in [0.717, 1.165) is 48.0 Å². The standard InChI is InChI=1S/C25H33N3O5/c1-32-23-8-4-6-19-18(23)13-17(27-19)14-26-20(11-15-9-10-15)24(30)28-21(25(31)33-2)12-16-5-3-7-22(16)29/h4,6,8,13,15-16,20-21,26-27H,3,5,7,9-12,14H2,1-2H3,(H,28,30)/t16-,20-,21-/m0/s1. The lowest BCUT2D eigenvalue weighted by Crippen LogP contribution is -2.51. The number of amides is 1. The molecule has 1 aromatic carbocycles. The molecule has 33 heavy (non-hydrogen) atoms. The van der Waals surface area contributed by atoms with Gasteiger partial charge in [-0.2, -0.15) is 0 Å². The molecule has 2 saturated carbocycles. The summed E-state index contributed by atoms with van der Waals surface area (Å²) in [5, 5.41) is 7.23. The van der Waals surface area contributed by atoms with Gasteiger partial charge < -0.3 is 25.1 Å². The first kappa shape index (κ1) is 23.3. The number of ether oxygens (including phenoxy) is 2. The highest BCUT2D eigenvalue weighted by molar-refractivity contribution is 5.89. The molecule has 1 heterocycles. The van der Waals surface area contributed by atoms with E-state index in [0.29, 0.717) is 31.7 Å². The van der Waals surface area contributed by atoms with Crippen molar-refractivity contribution >= 4 is 28.6 Å². The minimum absolute atomic E-state index is 0.167. The highest BCUT2D eigenvalue weighted by Gasteiger charge is 2.35. The van der Waals surface area contributed by atoms with Crippen LogP contribution < -0.4 is 15.4 Å². The highest BCUT2D eigenvalue weighted by Crippen LogP contribution is 2.34. The van der Waals surface area contributed by atoms with Gasteiger partial charge in [-0.25, -0.2) is 4.79 Å². The maximum Gasteiger partial charge on any atom is 0.328 e. The summed E-state index contributed by atoms with van der Waals surface area (Å²) in [6.45, 7) is 0.479. The molecule has 3 atom stereocenters. The van der Waals surface area contributed by atoms with Crippen LogP contribution in [-0.2, 0) is 25.7 Å². The van der Waals surface area contributed by atoms with Crippen molar-refractivity contribution < 1.29 is 23.9 Å². The number of Topliss-reactive ketones (excluding diaryl/α,β-unsaturated/α-hetero) is 1. The van der Waals surface area contributed by atoms with E-state index in [1.807, 2.05) is 24.3 Å².